The van der Waals surface area contributed by atoms with Gasteiger partial charge in [0, 0.05) is 17.8 Å². The number of aliphatic carboxylic acids is 1. The number of benzene rings is 3. The predicted molar refractivity (Wildman–Crippen MR) is 121 cm³/mol. The molecule has 0 radical (unpaired) electrons. The van der Waals surface area contributed by atoms with Gasteiger partial charge in [0.1, 0.15) is 17.9 Å². The molecule has 0 saturated heterocycles. The lowest BCUT2D eigenvalue weighted by atomic mass is 10.0. The maximum Gasteiger partial charge on any atom is 0.328 e. The number of carbonyl (C=O) groups is 2. The average Bonchev–Trinajstić information content (AvgIpc) is 3.32. The zero-order chi connectivity index (χ0) is 22.7. The van der Waals surface area contributed by atoms with Gasteiger partial charge in [-0.05, 0) is 49.1 Å². The molecule has 0 bridgehead atoms. The first-order valence-corrected chi connectivity index (χ1v) is 10.1. The molecule has 7 nitrogen and oxygen atoms in total. The third-order valence-corrected chi connectivity index (χ3v) is 5.17. The van der Waals surface area contributed by atoms with Gasteiger partial charge in [-0.25, -0.2) is 9.48 Å². The number of ether oxygens (including phenoxy) is 1. The summed E-state index contributed by atoms with van der Waals surface area (Å²) in [4.78, 5) is 24.4. The Bertz CT molecular complexity index is 1260. The number of hydrogen-bond acceptors (Lipinski definition) is 4. The number of hydrogen-bond donors (Lipinski definition) is 2. The van der Waals surface area contributed by atoms with Crippen molar-refractivity contribution in [3.63, 3.8) is 0 Å². The number of rotatable bonds is 7. The van der Waals surface area contributed by atoms with Crippen LogP contribution in [-0.2, 0) is 11.4 Å². The Labute approximate surface area is 185 Å². The Kier molecular flexibility index (Phi) is 5.64. The van der Waals surface area contributed by atoms with Gasteiger partial charge in [-0.3, -0.25) is 4.79 Å². The minimum absolute atomic E-state index is 0.246. The number of carbonyl (C=O) groups excluding carboxylic acids is 1. The maximum atomic E-state index is 13.0. The molecule has 3 aromatic carbocycles. The van der Waals surface area contributed by atoms with Crippen molar-refractivity contribution in [3.05, 3.63) is 90.3 Å². The molecule has 0 spiro atoms. The summed E-state index contributed by atoms with van der Waals surface area (Å²) in [6.07, 6.45) is 3.58. The minimum atomic E-state index is -1.41. The van der Waals surface area contributed by atoms with Gasteiger partial charge in [-0.2, -0.15) is 5.10 Å². The number of aromatic nitrogens is 2. The van der Waals surface area contributed by atoms with Crippen LogP contribution in [0.2, 0.25) is 0 Å². The van der Waals surface area contributed by atoms with E-state index in [4.69, 9.17) is 4.74 Å². The van der Waals surface area contributed by atoms with Crippen LogP contribution >= 0.6 is 0 Å². The number of fused-ring (bicyclic) bond motifs is 1. The minimum Gasteiger partial charge on any atom is -0.487 e. The zero-order valence-electron chi connectivity index (χ0n) is 17.8. The number of carboxylic acid groups (broad SMARTS) is 1. The van der Waals surface area contributed by atoms with Gasteiger partial charge < -0.3 is 15.2 Å². The standard InChI is InChI=1S/C25H23N3O4/c1-25(2,24(30)31)27-23(29)21-13-10-18-6-3-4-7-20(18)22(21)32-16-17-8-11-19(12-9-17)28-15-5-14-26-28/h3-15H,16H2,1-2H3,(H,27,29)(H,30,31). The molecule has 0 aliphatic carbocycles. The molecule has 0 atom stereocenters. The van der Waals surface area contributed by atoms with Gasteiger partial charge in [-0.1, -0.05) is 42.5 Å². The zero-order valence-corrected chi connectivity index (χ0v) is 17.8. The molecule has 0 aliphatic heterocycles. The van der Waals surface area contributed by atoms with Crippen molar-refractivity contribution in [1.29, 1.82) is 0 Å². The summed E-state index contributed by atoms with van der Waals surface area (Å²) in [5, 5.41) is 17.9. The normalized spacial score (nSPS) is 11.3. The molecule has 0 saturated carbocycles. The smallest absolute Gasteiger partial charge is 0.328 e. The fourth-order valence-electron chi connectivity index (χ4n) is 3.30. The van der Waals surface area contributed by atoms with Crippen molar-refractivity contribution in [3.8, 4) is 11.4 Å². The number of nitrogens with zero attached hydrogens (tertiary/aromatic N) is 2. The molecule has 0 aliphatic rings. The van der Waals surface area contributed by atoms with Crippen LogP contribution in [0.25, 0.3) is 16.5 Å². The van der Waals surface area contributed by atoms with E-state index < -0.39 is 17.4 Å². The Balaban J connectivity index is 1.62. The van der Waals surface area contributed by atoms with Crippen molar-refractivity contribution in [1.82, 2.24) is 15.1 Å². The summed E-state index contributed by atoms with van der Waals surface area (Å²) in [6, 6.07) is 20.7. The molecule has 162 valence electrons. The van der Waals surface area contributed by atoms with Crippen LogP contribution in [0.4, 0.5) is 0 Å². The lowest BCUT2D eigenvalue weighted by Gasteiger charge is -2.22. The van der Waals surface area contributed by atoms with Crippen LogP contribution in [0.15, 0.2) is 79.1 Å². The molecule has 1 amide bonds. The Morgan fingerprint density at radius 1 is 1.03 bits per heavy atom. The van der Waals surface area contributed by atoms with E-state index >= 15 is 0 Å². The van der Waals surface area contributed by atoms with Crippen molar-refractivity contribution in [2.75, 3.05) is 0 Å². The molecule has 1 aromatic heterocycles. The summed E-state index contributed by atoms with van der Waals surface area (Å²) in [6.45, 7) is 3.13. The highest BCUT2D eigenvalue weighted by atomic mass is 16.5. The molecule has 32 heavy (non-hydrogen) atoms. The van der Waals surface area contributed by atoms with Gasteiger partial charge in [-0.15, -0.1) is 0 Å². The van der Waals surface area contributed by atoms with Crippen LogP contribution in [0.1, 0.15) is 29.8 Å². The summed E-state index contributed by atoms with van der Waals surface area (Å²) in [7, 11) is 0. The Morgan fingerprint density at radius 3 is 2.47 bits per heavy atom. The van der Waals surface area contributed by atoms with E-state index in [9.17, 15) is 14.7 Å². The van der Waals surface area contributed by atoms with E-state index in [-0.39, 0.29) is 12.2 Å². The first kappa shape index (κ1) is 21.1. The second-order valence-electron chi connectivity index (χ2n) is 7.95. The second-order valence-corrected chi connectivity index (χ2v) is 7.95. The Hall–Kier alpha value is -4.13. The summed E-state index contributed by atoms with van der Waals surface area (Å²) in [5.41, 5.74) is 0.722. The first-order valence-electron chi connectivity index (χ1n) is 10.1. The molecule has 0 unspecified atom stereocenters. The highest BCUT2D eigenvalue weighted by molar-refractivity contribution is 6.05. The second kappa shape index (κ2) is 8.55. The first-order chi connectivity index (χ1) is 15.3. The summed E-state index contributed by atoms with van der Waals surface area (Å²) >= 11 is 0. The molecular weight excluding hydrogens is 406 g/mol. The topological polar surface area (TPSA) is 93.5 Å². The number of nitrogens with one attached hydrogen (secondary N) is 1. The molecule has 1 heterocycles. The quantitative estimate of drug-likeness (QED) is 0.459. The number of carboxylic acids is 1. The largest absolute Gasteiger partial charge is 0.487 e. The lowest BCUT2D eigenvalue weighted by molar-refractivity contribution is -0.143. The molecule has 7 heteroatoms. The fourth-order valence-corrected chi connectivity index (χ4v) is 3.30. The highest BCUT2D eigenvalue weighted by Gasteiger charge is 2.30. The van der Waals surface area contributed by atoms with Gasteiger partial charge >= 0.3 is 5.97 Å². The van der Waals surface area contributed by atoms with Crippen molar-refractivity contribution in [2.45, 2.75) is 26.0 Å². The summed E-state index contributed by atoms with van der Waals surface area (Å²) in [5.74, 6) is -1.21. The molecule has 4 aromatic rings. The Morgan fingerprint density at radius 2 is 1.78 bits per heavy atom. The van der Waals surface area contributed by atoms with E-state index in [0.717, 1.165) is 22.0 Å². The fraction of sp³-hybridized carbons (Fsp3) is 0.160. The predicted octanol–water partition coefficient (Wildman–Crippen LogP) is 4.20. The molecule has 4 rings (SSSR count). The van der Waals surface area contributed by atoms with Crippen LogP contribution in [-0.4, -0.2) is 32.3 Å². The van der Waals surface area contributed by atoms with Gasteiger partial charge in [0.2, 0.25) is 0 Å². The van der Waals surface area contributed by atoms with E-state index in [0.29, 0.717) is 5.75 Å². The van der Waals surface area contributed by atoms with Gasteiger partial charge in [0.15, 0.2) is 0 Å². The summed E-state index contributed by atoms with van der Waals surface area (Å²) < 4.78 is 7.90. The van der Waals surface area contributed by atoms with Crippen molar-refractivity contribution in [2.24, 2.45) is 0 Å². The van der Waals surface area contributed by atoms with Crippen LogP contribution in [0, 0.1) is 0 Å². The third-order valence-electron chi connectivity index (χ3n) is 5.17. The van der Waals surface area contributed by atoms with Crippen LogP contribution in [0.5, 0.6) is 5.75 Å². The average molecular weight is 429 g/mol. The molecule has 2 N–H and O–H groups in total. The third kappa shape index (κ3) is 4.32. The number of amides is 1. The highest BCUT2D eigenvalue weighted by Crippen LogP contribution is 2.31. The monoisotopic (exact) mass is 429 g/mol. The van der Waals surface area contributed by atoms with E-state index in [2.05, 4.69) is 10.4 Å². The van der Waals surface area contributed by atoms with Crippen LogP contribution < -0.4 is 10.1 Å². The maximum absolute atomic E-state index is 13.0. The van der Waals surface area contributed by atoms with Crippen LogP contribution in [0.3, 0.4) is 0 Å². The van der Waals surface area contributed by atoms with E-state index in [1.165, 1.54) is 13.8 Å². The molecule has 0 fully saturated rings. The molecular formula is C25H23N3O4. The SMILES string of the molecule is CC(C)(NC(=O)c1ccc2ccccc2c1OCc1ccc(-n2cccn2)cc1)C(=O)O. The van der Waals surface area contributed by atoms with Crippen molar-refractivity contribution >= 4 is 22.6 Å². The van der Waals surface area contributed by atoms with E-state index in [1.807, 2.05) is 66.9 Å². The van der Waals surface area contributed by atoms with Gasteiger partial charge in [0.25, 0.3) is 5.91 Å². The van der Waals surface area contributed by atoms with Crippen molar-refractivity contribution < 1.29 is 19.4 Å². The lowest BCUT2D eigenvalue weighted by Crippen LogP contribution is -2.49. The van der Waals surface area contributed by atoms with Gasteiger partial charge in [0.05, 0.1) is 11.3 Å². The van der Waals surface area contributed by atoms with E-state index in [1.54, 1.807) is 16.9 Å².